The summed E-state index contributed by atoms with van der Waals surface area (Å²) in [7, 11) is -3.77. The topological polar surface area (TPSA) is 88.5 Å². The van der Waals surface area contributed by atoms with Crippen molar-refractivity contribution in [2.75, 3.05) is 6.26 Å². The molecule has 0 radical (unpaired) electrons. The van der Waals surface area contributed by atoms with Gasteiger partial charge >= 0.3 is 5.69 Å². The van der Waals surface area contributed by atoms with Crippen molar-refractivity contribution in [1.82, 2.24) is 9.38 Å². The zero-order valence-corrected chi connectivity index (χ0v) is 11.3. The molecule has 106 valence electrons. The number of pyridine rings is 1. The molecular formula is C12H11FN2O4S. The van der Waals surface area contributed by atoms with E-state index >= 15 is 0 Å². The molecule has 0 spiro atoms. The van der Waals surface area contributed by atoms with Gasteiger partial charge in [-0.1, -0.05) is 0 Å². The monoisotopic (exact) mass is 298 g/mol. The molecule has 2 aromatic heterocycles. The van der Waals surface area contributed by atoms with Crippen molar-refractivity contribution in [3.63, 3.8) is 0 Å². The molecular weight excluding hydrogens is 287 g/mol. The van der Waals surface area contributed by atoms with E-state index in [0.717, 1.165) is 35.8 Å². The summed E-state index contributed by atoms with van der Waals surface area (Å²) in [5, 5.41) is 0. The molecule has 0 bridgehead atoms. The van der Waals surface area contributed by atoms with E-state index < -0.39 is 26.9 Å². The van der Waals surface area contributed by atoms with E-state index in [1.165, 1.54) is 0 Å². The Labute approximate surface area is 112 Å². The van der Waals surface area contributed by atoms with E-state index in [1.807, 2.05) is 0 Å². The fraction of sp³-hybridized carbons (Fsp3) is 0.333. The van der Waals surface area contributed by atoms with Gasteiger partial charge in [0.1, 0.15) is 5.82 Å². The summed E-state index contributed by atoms with van der Waals surface area (Å²) in [6, 6.07) is 0.843. The Bertz CT molecular complexity index is 938. The van der Waals surface area contributed by atoms with Gasteiger partial charge in [0.05, 0.1) is 10.4 Å². The predicted molar refractivity (Wildman–Crippen MR) is 69.3 cm³/mol. The minimum absolute atomic E-state index is 0.00912. The molecule has 0 saturated heterocycles. The minimum Gasteiger partial charge on any atom is -0.273 e. The predicted octanol–water partition coefficient (Wildman–Crippen LogP) is 0.408. The molecule has 1 N–H and O–H groups in total. The van der Waals surface area contributed by atoms with E-state index in [9.17, 15) is 22.4 Å². The molecule has 1 fully saturated rings. The second kappa shape index (κ2) is 4.02. The molecule has 1 aliphatic carbocycles. The van der Waals surface area contributed by atoms with Crippen LogP contribution in [0, 0.1) is 5.82 Å². The number of aromatic amines is 1. The fourth-order valence-electron chi connectivity index (χ4n) is 2.33. The van der Waals surface area contributed by atoms with Crippen molar-refractivity contribution in [3.8, 4) is 0 Å². The van der Waals surface area contributed by atoms with Crippen LogP contribution in [-0.4, -0.2) is 24.1 Å². The molecule has 2 heterocycles. The summed E-state index contributed by atoms with van der Waals surface area (Å²) in [4.78, 5) is 25.5. The van der Waals surface area contributed by atoms with Crippen LogP contribution in [-0.2, 0) is 9.84 Å². The fourth-order valence-corrected chi connectivity index (χ4v) is 3.21. The molecule has 0 amide bonds. The molecule has 0 atom stereocenters. The molecule has 3 rings (SSSR count). The van der Waals surface area contributed by atoms with Gasteiger partial charge in [0.25, 0.3) is 5.56 Å². The smallest absolute Gasteiger partial charge is 0.273 e. The Morgan fingerprint density at radius 1 is 1.35 bits per heavy atom. The highest BCUT2D eigenvalue weighted by Gasteiger charge is 2.31. The van der Waals surface area contributed by atoms with Gasteiger partial charge in [-0.2, -0.15) is 0 Å². The maximum Gasteiger partial charge on any atom is 0.333 e. The van der Waals surface area contributed by atoms with Gasteiger partial charge in [-0.25, -0.2) is 17.6 Å². The van der Waals surface area contributed by atoms with Crippen LogP contribution >= 0.6 is 0 Å². The molecule has 0 aliphatic heterocycles. The van der Waals surface area contributed by atoms with Crippen LogP contribution < -0.4 is 11.2 Å². The Morgan fingerprint density at radius 2 is 2.00 bits per heavy atom. The van der Waals surface area contributed by atoms with Crippen molar-refractivity contribution in [2.45, 2.75) is 23.7 Å². The first kappa shape index (κ1) is 13.0. The number of hydrogen-bond acceptors (Lipinski definition) is 4. The maximum atomic E-state index is 13.5. The zero-order chi connectivity index (χ0) is 14.7. The van der Waals surface area contributed by atoms with Gasteiger partial charge in [-0.3, -0.25) is 14.2 Å². The largest absolute Gasteiger partial charge is 0.333 e. The molecule has 1 aliphatic rings. The van der Waals surface area contributed by atoms with Gasteiger partial charge in [-0.05, 0) is 24.8 Å². The van der Waals surface area contributed by atoms with Crippen molar-refractivity contribution >= 4 is 15.4 Å². The Kier molecular flexibility index (Phi) is 2.62. The molecule has 8 heteroatoms. The van der Waals surface area contributed by atoms with Crippen LogP contribution in [0.25, 0.3) is 5.52 Å². The summed E-state index contributed by atoms with van der Waals surface area (Å²) in [5.74, 6) is -0.936. The number of rotatable bonds is 2. The van der Waals surface area contributed by atoms with Crippen LogP contribution in [0.15, 0.2) is 26.7 Å². The van der Waals surface area contributed by atoms with E-state index in [0.29, 0.717) is 0 Å². The molecule has 0 aromatic carbocycles. The van der Waals surface area contributed by atoms with Crippen molar-refractivity contribution in [3.05, 3.63) is 44.5 Å². The van der Waals surface area contributed by atoms with Crippen LogP contribution in [0.5, 0.6) is 0 Å². The van der Waals surface area contributed by atoms with E-state index in [4.69, 9.17) is 0 Å². The van der Waals surface area contributed by atoms with Crippen LogP contribution in [0.1, 0.15) is 24.3 Å². The zero-order valence-electron chi connectivity index (χ0n) is 10.5. The van der Waals surface area contributed by atoms with Gasteiger partial charge in [-0.15, -0.1) is 0 Å². The van der Waals surface area contributed by atoms with E-state index in [-0.39, 0.29) is 21.9 Å². The molecule has 20 heavy (non-hydrogen) atoms. The number of nitrogens with one attached hydrogen (secondary N) is 1. The second-order valence-electron chi connectivity index (χ2n) is 4.96. The average molecular weight is 298 g/mol. The summed E-state index contributed by atoms with van der Waals surface area (Å²) < 4.78 is 38.0. The Hall–Kier alpha value is -1.96. The highest BCUT2D eigenvalue weighted by molar-refractivity contribution is 7.91. The first-order valence-electron chi connectivity index (χ1n) is 5.97. The molecule has 2 aromatic rings. The number of fused-ring (bicyclic) bond motifs is 1. The first-order valence-corrected chi connectivity index (χ1v) is 7.86. The SMILES string of the molecule is CS(=O)(=O)c1cc(F)cn2c(=O)[nH]c(=O)c(C3CC3)c12. The van der Waals surface area contributed by atoms with E-state index in [1.54, 1.807) is 0 Å². The number of nitrogens with zero attached hydrogens (tertiary/aromatic N) is 1. The molecule has 1 saturated carbocycles. The van der Waals surface area contributed by atoms with Crippen molar-refractivity contribution in [1.29, 1.82) is 0 Å². The van der Waals surface area contributed by atoms with Gasteiger partial charge in [0, 0.05) is 18.0 Å². The standard InChI is InChI=1S/C12H11FN2O4S/c1-20(18,19)8-4-7(13)5-15-10(8)9(6-2-3-6)11(16)14-12(15)17/h4-6H,2-3H2,1H3,(H,14,16,17). The van der Waals surface area contributed by atoms with Gasteiger partial charge in [0.2, 0.25) is 0 Å². The number of H-pyrrole nitrogens is 1. The maximum absolute atomic E-state index is 13.5. The lowest BCUT2D eigenvalue weighted by Gasteiger charge is -2.10. The van der Waals surface area contributed by atoms with E-state index in [2.05, 4.69) is 4.98 Å². The lowest BCUT2D eigenvalue weighted by atomic mass is 10.1. The number of halogens is 1. The van der Waals surface area contributed by atoms with Crippen LogP contribution in [0.3, 0.4) is 0 Å². The summed E-state index contributed by atoms with van der Waals surface area (Å²) in [6.45, 7) is 0. The third-order valence-corrected chi connectivity index (χ3v) is 4.43. The molecule has 0 unspecified atom stereocenters. The molecule has 6 nitrogen and oxygen atoms in total. The first-order chi connectivity index (χ1) is 9.29. The average Bonchev–Trinajstić information content (AvgIpc) is 3.12. The number of sulfone groups is 1. The summed E-state index contributed by atoms with van der Waals surface area (Å²) in [6.07, 6.45) is 3.30. The van der Waals surface area contributed by atoms with Gasteiger partial charge in [0.15, 0.2) is 9.84 Å². The minimum atomic E-state index is -3.77. The van der Waals surface area contributed by atoms with Crippen molar-refractivity contribution in [2.24, 2.45) is 0 Å². The highest BCUT2D eigenvalue weighted by Crippen LogP contribution is 2.41. The van der Waals surface area contributed by atoms with Crippen molar-refractivity contribution < 1.29 is 12.8 Å². The second-order valence-corrected chi connectivity index (χ2v) is 6.94. The Morgan fingerprint density at radius 3 is 2.55 bits per heavy atom. The number of hydrogen-bond donors (Lipinski definition) is 1. The van der Waals surface area contributed by atoms with Crippen LogP contribution in [0.2, 0.25) is 0 Å². The summed E-state index contributed by atoms with van der Waals surface area (Å²) >= 11 is 0. The highest BCUT2D eigenvalue weighted by atomic mass is 32.2. The third kappa shape index (κ3) is 1.96. The lowest BCUT2D eigenvalue weighted by molar-refractivity contribution is 0.591. The summed E-state index contributed by atoms with van der Waals surface area (Å²) in [5.41, 5.74) is -1.22. The quantitative estimate of drug-likeness (QED) is 0.869. The van der Waals surface area contributed by atoms with Gasteiger partial charge < -0.3 is 0 Å². The Balaban J connectivity index is 2.63. The lowest BCUT2D eigenvalue weighted by Crippen LogP contribution is -2.30. The normalized spacial score (nSPS) is 15.7. The van der Waals surface area contributed by atoms with Crippen LogP contribution in [0.4, 0.5) is 4.39 Å². The number of aromatic nitrogens is 2. The third-order valence-electron chi connectivity index (χ3n) is 3.32.